The van der Waals surface area contributed by atoms with Crippen molar-refractivity contribution in [1.82, 2.24) is 0 Å². The van der Waals surface area contributed by atoms with Gasteiger partial charge in [-0.1, -0.05) is 25.3 Å². The Balaban J connectivity index is 2.18. The van der Waals surface area contributed by atoms with E-state index in [1.54, 1.807) is 18.4 Å². The van der Waals surface area contributed by atoms with Gasteiger partial charge in [0.1, 0.15) is 0 Å². The number of nitrogens with two attached hydrogens (primary N) is 1. The molecule has 0 radical (unpaired) electrons. The van der Waals surface area contributed by atoms with Gasteiger partial charge < -0.3 is 10.5 Å². The Labute approximate surface area is 95.4 Å². The van der Waals surface area contributed by atoms with Crippen molar-refractivity contribution in [1.29, 1.82) is 0 Å². The van der Waals surface area contributed by atoms with Crippen molar-refractivity contribution in [3.8, 4) is 0 Å². The minimum Gasteiger partial charge on any atom is -0.376 e. The van der Waals surface area contributed by atoms with E-state index in [0.29, 0.717) is 0 Å². The molecule has 0 amide bonds. The highest BCUT2D eigenvalue weighted by Gasteiger charge is 2.39. The Morgan fingerprint density at radius 1 is 1.40 bits per heavy atom. The molecule has 1 aromatic heterocycles. The lowest BCUT2D eigenvalue weighted by Gasteiger charge is -2.40. The number of hydrogen-bond acceptors (Lipinski definition) is 3. The number of methoxy groups -OCH3 is 1. The molecule has 1 unspecified atom stereocenters. The van der Waals surface area contributed by atoms with Gasteiger partial charge in [-0.3, -0.25) is 0 Å². The van der Waals surface area contributed by atoms with Gasteiger partial charge in [0.05, 0.1) is 11.6 Å². The highest BCUT2D eigenvalue weighted by atomic mass is 32.1. The molecular weight excluding hydrogens is 206 g/mol. The van der Waals surface area contributed by atoms with Crippen molar-refractivity contribution in [3.63, 3.8) is 0 Å². The van der Waals surface area contributed by atoms with Gasteiger partial charge >= 0.3 is 0 Å². The molecule has 0 aliphatic heterocycles. The van der Waals surface area contributed by atoms with Gasteiger partial charge in [-0.15, -0.1) is 11.3 Å². The average molecular weight is 225 g/mol. The molecule has 1 aromatic rings. The van der Waals surface area contributed by atoms with Gasteiger partial charge in [-0.05, 0) is 24.3 Å². The average Bonchev–Trinajstić information content (AvgIpc) is 2.82. The second-order valence-corrected chi connectivity index (χ2v) is 5.30. The van der Waals surface area contributed by atoms with Crippen LogP contribution in [-0.4, -0.2) is 12.7 Å². The third kappa shape index (κ3) is 2.10. The number of thiophene rings is 1. The largest absolute Gasteiger partial charge is 0.376 e. The molecule has 0 spiro atoms. The molecule has 1 heterocycles. The maximum atomic E-state index is 6.35. The normalized spacial score (nSPS) is 22.5. The summed E-state index contributed by atoms with van der Waals surface area (Å²) in [5.41, 5.74) is 6.24. The molecule has 0 saturated heterocycles. The van der Waals surface area contributed by atoms with E-state index in [9.17, 15) is 0 Å². The Morgan fingerprint density at radius 2 is 2.13 bits per heavy atom. The van der Waals surface area contributed by atoms with E-state index in [4.69, 9.17) is 10.5 Å². The van der Waals surface area contributed by atoms with E-state index in [1.165, 1.54) is 24.1 Å². The monoisotopic (exact) mass is 225 g/mol. The maximum Gasteiger partial charge on any atom is 0.0878 e. The first-order valence-electron chi connectivity index (χ1n) is 5.63. The van der Waals surface area contributed by atoms with E-state index in [0.717, 1.165) is 12.8 Å². The van der Waals surface area contributed by atoms with Crippen LogP contribution in [0.4, 0.5) is 0 Å². The molecule has 2 rings (SSSR count). The Hall–Kier alpha value is -0.380. The molecule has 1 aliphatic rings. The van der Waals surface area contributed by atoms with E-state index in [-0.39, 0.29) is 11.6 Å². The second-order valence-electron chi connectivity index (χ2n) is 4.32. The topological polar surface area (TPSA) is 35.2 Å². The number of ether oxygens (including phenoxy) is 1. The summed E-state index contributed by atoms with van der Waals surface area (Å²) in [6.07, 6.45) is 6.01. The maximum absolute atomic E-state index is 6.35. The molecule has 1 atom stereocenters. The third-order valence-electron chi connectivity index (χ3n) is 3.52. The lowest BCUT2D eigenvalue weighted by molar-refractivity contribution is -0.0587. The molecule has 1 aliphatic carbocycles. The fourth-order valence-corrected chi connectivity index (χ4v) is 3.35. The Kier molecular flexibility index (Phi) is 3.44. The lowest BCUT2D eigenvalue weighted by atomic mass is 9.79. The van der Waals surface area contributed by atoms with Crippen LogP contribution in [0.25, 0.3) is 0 Å². The quantitative estimate of drug-likeness (QED) is 0.858. The molecule has 2 N–H and O–H groups in total. The highest BCUT2D eigenvalue weighted by molar-refractivity contribution is 7.10. The van der Waals surface area contributed by atoms with Gasteiger partial charge in [0, 0.05) is 12.0 Å². The van der Waals surface area contributed by atoms with Crippen LogP contribution in [0.3, 0.4) is 0 Å². The molecule has 1 fully saturated rings. The van der Waals surface area contributed by atoms with Gasteiger partial charge in [0.15, 0.2) is 0 Å². The lowest BCUT2D eigenvalue weighted by Crippen LogP contribution is -2.44. The summed E-state index contributed by atoms with van der Waals surface area (Å²) in [5, 5.41) is 2.08. The van der Waals surface area contributed by atoms with E-state index < -0.39 is 0 Å². The second kappa shape index (κ2) is 4.64. The summed E-state index contributed by atoms with van der Waals surface area (Å²) in [5.74, 6) is 0. The van der Waals surface area contributed by atoms with Crippen LogP contribution in [0, 0.1) is 0 Å². The molecule has 0 aromatic carbocycles. The fraction of sp³-hybridized carbons (Fsp3) is 0.667. The zero-order valence-corrected chi connectivity index (χ0v) is 10.1. The Bertz CT molecular complexity index is 291. The first-order valence-corrected chi connectivity index (χ1v) is 6.50. The first kappa shape index (κ1) is 11.1. The van der Waals surface area contributed by atoms with Crippen molar-refractivity contribution in [2.24, 2.45) is 5.73 Å². The first-order chi connectivity index (χ1) is 7.28. The zero-order valence-electron chi connectivity index (χ0n) is 9.24. The minimum atomic E-state index is -0.108. The van der Waals surface area contributed by atoms with Gasteiger partial charge in [0.2, 0.25) is 0 Å². The smallest absolute Gasteiger partial charge is 0.0878 e. The van der Waals surface area contributed by atoms with E-state index >= 15 is 0 Å². The molecule has 0 bridgehead atoms. The summed E-state index contributed by atoms with van der Waals surface area (Å²) >= 11 is 1.73. The van der Waals surface area contributed by atoms with E-state index in [1.807, 2.05) is 0 Å². The van der Waals surface area contributed by atoms with Crippen LogP contribution in [0.15, 0.2) is 17.5 Å². The van der Waals surface area contributed by atoms with Crippen LogP contribution >= 0.6 is 11.3 Å². The molecule has 15 heavy (non-hydrogen) atoms. The van der Waals surface area contributed by atoms with Crippen LogP contribution in [0.5, 0.6) is 0 Å². The standard InChI is InChI=1S/C12H19NOS/c1-14-12(7-3-2-4-8-12)11(13)10-6-5-9-15-10/h5-6,9,11H,2-4,7-8,13H2,1H3. The molecule has 2 nitrogen and oxygen atoms in total. The summed E-state index contributed by atoms with van der Waals surface area (Å²) in [6, 6.07) is 4.22. The summed E-state index contributed by atoms with van der Waals surface area (Å²) in [6.45, 7) is 0. The predicted octanol–water partition coefficient (Wildman–Crippen LogP) is 3.10. The zero-order chi connectivity index (χ0) is 10.7. The van der Waals surface area contributed by atoms with Crippen molar-refractivity contribution < 1.29 is 4.74 Å². The van der Waals surface area contributed by atoms with Gasteiger partial charge in [-0.2, -0.15) is 0 Å². The van der Waals surface area contributed by atoms with Gasteiger partial charge in [-0.25, -0.2) is 0 Å². The molecule has 1 saturated carbocycles. The van der Waals surface area contributed by atoms with Crippen molar-refractivity contribution >= 4 is 11.3 Å². The van der Waals surface area contributed by atoms with Crippen molar-refractivity contribution in [3.05, 3.63) is 22.4 Å². The highest BCUT2D eigenvalue weighted by Crippen LogP contribution is 2.40. The minimum absolute atomic E-state index is 0.0443. The summed E-state index contributed by atoms with van der Waals surface area (Å²) < 4.78 is 5.75. The molecule has 84 valence electrons. The predicted molar refractivity (Wildman–Crippen MR) is 64.1 cm³/mol. The molecule has 3 heteroatoms. The van der Waals surface area contributed by atoms with Crippen LogP contribution < -0.4 is 5.73 Å². The fourth-order valence-electron chi connectivity index (χ4n) is 2.52. The Morgan fingerprint density at radius 3 is 2.67 bits per heavy atom. The summed E-state index contributed by atoms with van der Waals surface area (Å²) in [4.78, 5) is 1.25. The van der Waals surface area contributed by atoms with Crippen LogP contribution in [-0.2, 0) is 4.74 Å². The van der Waals surface area contributed by atoms with Crippen LogP contribution in [0.1, 0.15) is 43.0 Å². The van der Waals surface area contributed by atoms with Gasteiger partial charge in [0.25, 0.3) is 0 Å². The van der Waals surface area contributed by atoms with Crippen LogP contribution in [0.2, 0.25) is 0 Å². The number of rotatable bonds is 3. The summed E-state index contributed by atoms with van der Waals surface area (Å²) in [7, 11) is 1.80. The number of hydrogen-bond donors (Lipinski definition) is 1. The van der Waals surface area contributed by atoms with Crippen molar-refractivity contribution in [2.75, 3.05) is 7.11 Å². The molecular formula is C12H19NOS. The van der Waals surface area contributed by atoms with Crippen molar-refractivity contribution in [2.45, 2.75) is 43.7 Å². The SMILES string of the molecule is COC1(C(N)c2cccs2)CCCCC1. The van der Waals surface area contributed by atoms with E-state index in [2.05, 4.69) is 17.5 Å². The third-order valence-corrected chi connectivity index (χ3v) is 4.48.